The van der Waals surface area contributed by atoms with Crippen molar-refractivity contribution in [2.24, 2.45) is 0 Å². The molecule has 44 valence electrons. The zero-order valence-electron chi connectivity index (χ0n) is 4.70. The molecule has 0 aliphatic heterocycles. The maximum Gasteiger partial charge on any atom is 0.171 e. The van der Waals surface area contributed by atoms with E-state index in [9.17, 15) is 4.79 Å². The number of carbonyl (C=O) groups excluding carboxylic acids is 1. The molecule has 0 atom stereocenters. The van der Waals surface area contributed by atoms with Crippen LogP contribution in [0.1, 0.15) is 19.8 Å². The molecule has 0 spiro atoms. The Labute approximate surface area is 53.3 Å². The molecule has 2 heteroatoms. The average Bonchev–Trinajstić information content (AvgIpc) is 2.43. The van der Waals surface area contributed by atoms with Crippen LogP contribution in [0.15, 0.2) is 10.6 Å². The maximum atomic E-state index is 10.4. The molecule has 0 bridgehead atoms. The number of rotatable bonds is 1. The third-order valence-electron chi connectivity index (χ3n) is 1.12. The van der Waals surface area contributed by atoms with E-state index in [1.54, 1.807) is 0 Å². The van der Waals surface area contributed by atoms with Crippen LogP contribution in [0.5, 0.6) is 0 Å². The monoisotopic (exact) mass is 130 g/mol. The van der Waals surface area contributed by atoms with Crippen LogP contribution < -0.4 is 0 Å². The summed E-state index contributed by atoms with van der Waals surface area (Å²) in [5.41, 5.74) is 1.12. The molecule has 0 heterocycles. The summed E-state index contributed by atoms with van der Waals surface area (Å²) in [6.45, 7) is 1.49. The van der Waals surface area contributed by atoms with E-state index in [1.165, 1.54) is 6.92 Å². The van der Waals surface area contributed by atoms with Gasteiger partial charge >= 0.3 is 0 Å². The van der Waals surface area contributed by atoms with Gasteiger partial charge in [0, 0.05) is 6.92 Å². The second kappa shape index (κ2) is 1.90. The molecule has 1 nitrogen and oxygen atoms in total. The summed E-state index contributed by atoms with van der Waals surface area (Å²) in [6, 6.07) is 0. The highest BCUT2D eigenvalue weighted by Crippen LogP contribution is 2.33. The van der Waals surface area contributed by atoms with Gasteiger partial charge in [-0.25, -0.2) is 0 Å². The van der Waals surface area contributed by atoms with Crippen molar-refractivity contribution >= 4 is 17.4 Å². The first-order valence-electron chi connectivity index (χ1n) is 2.60. The summed E-state index contributed by atoms with van der Waals surface area (Å²) < 4.78 is 0. The highest BCUT2D eigenvalue weighted by molar-refractivity contribution is 6.42. The van der Waals surface area contributed by atoms with E-state index in [0.29, 0.717) is 5.03 Å². The molecule has 0 aromatic rings. The Morgan fingerprint density at radius 2 is 2.12 bits per heavy atom. The van der Waals surface area contributed by atoms with Gasteiger partial charge in [0.1, 0.15) is 0 Å². The van der Waals surface area contributed by atoms with Crippen LogP contribution in [0, 0.1) is 0 Å². The third kappa shape index (κ3) is 1.10. The van der Waals surface area contributed by atoms with Crippen LogP contribution in [0.2, 0.25) is 0 Å². The Balaban J connectivity index is 2.70. The van der Waals surface area contributed by atoms with Gasteiger partial charge in [-0.3, -0.25) is 4.79 Å². The van der Waals surface area contributed by atoms with E-state index in [1.807, 2.05) is 0 Å². The fraction of sp³-hybridized carbons (Fsp3) is 0.500. The molecule has 0 radical (unpaired) electrons. The van der Waals surface area contributed by atoms with E-state index < -0.39 is 0 Å². The summed E-state index contributed by atoms with van der Waals surface area (Å²) in [5.74, 6) is -0.000772. The topological polar surface area (TPSA) is 17.1 Å². The summed E-state index contributed by atoms with van der Waals surface area (Å²) in [4.78, 5) is 10.4. The summed E-state index contributed by atoms with van der Waals surface area (Å²) >= 11 is 5.54. The van der Waals surface area contributed by atoms with Crippen molar-refractivity contribution in [3.05, 3.63) is 10.6 Å². The van der Waals surface area contributed by atoms with Gasteiger partial charge in [0.05, 0.1) is 5.03 Å². The maximum absolute atomic E-state index is 10.4. The molecule has 1 aliphatic carbocycles. The van der Waals surface area contributed by atoms with Gasteiger partial charge in [-0.15, -0.1) is 0 Å². The van der Waals surface area contributed by atoms with Crippen LogP contribution >= 0.6 is 11.6 Å². The fourth-order valence-corrected chi connectivity index (χ4v) is 0.720. The van der Waals surface area contributed by atoms with Crippen molar-refractivity contribution in [3.63, 3.8) is 0 Å². The molecular formula is C6H7ClO. The second-order valence-electron chi connectivity index (χ2n) is 1.97. The molecule has 0 saturated heterocycles. The lowest BCUT2D eigenvalue weighted by Crippen LogP contribution is -1.86. The second-order valence-corrected chi connectivity index (χ2v) is 2.35. The number of hydrogen-bond acceptors (Lipinski definition) is 1. The summed E-state index contributed by atoms with van der Waals surface area (Å²) in [6.07, 6.45) is 2.05. The average molecular weight is 131 g/mol. The molecule has 1 saturated carbocycles. The van der Waals surface area contributed by atoms with Crippen LogP contribution in [0.25, 0.3) is 0 Å². The normalized spacial score (nSPS) is 16.0. The molecule has 1 aliphatic rings. The first-order valence-corrected chi connectivity index (χ1v) is 2.98. The van der Waals surface area contributed by atoms with Gasteiger partial charge < -0.3 is 0 Å². The van der Waals surface area contributed by atoms with Gasteiger partial charge in [-0.2, -0.15) is 0 Å². The lowest BCUT2D eigenvalue weighted by atomic mass is 10.4. The molecule has 1 fully saturated rings. The Hall–Kier alpha value is -0.300. The van der Waals surface area contributed by atoms with Gasteiger partial charge in [0.25, 0.3) is 0 Å². The lowest BCUT2D eigenvalue weighted by Gasteiger charge is -1.83. The van der Waals surface area contributed by atoms with Gasteiger partial charge in [-0.05, 0) is 18.4 Å². The quantitative estimate of drug-likeness (QED) is 0.496. The van der Waals surface area contributed by atoms with Crippen molar-refractivity contribution in [1.82, 2.24) is 0 Å². The number of hydrogen-bond donors (Lipinski definition) is 0. The standard InChI is InChI=1S/C6H7ClO/c1-4(8)6(7)5-2-3-5/h2-3H2,1H3. The molecule has 0 amide bonds. The number of allylic oxidation sites excluding steroid dienone is 2. The minimum atomic E-state index is -0.000772. The van der Waals surface area contributed by atoms with Crippen molar-refractivity contribution in [3.8, 4) is 0 Å². The summed E-state index contributed by atoms with van der Waals surface area (Å²) in [7, 11) is 0. The zero-order valence-corrected chi connectivity index (χ0v) is 5.46. The zero-order chi connectivity index (χ0) is 6.15. The Morgan fingerprint density at radius 1 is 1.62 bits per heavy atom. The number of carbonyl (C=O) groups is 1. The van der Waals surface area contributed by atoms with E-state index in [4.69, 9.17) is 11.6 Å². The van der Waals surface area contributed by atoms with E-state index >= 15 is 0 Å². The lowest BCUT2D eigenvalue weighted by molar-refractivity contribution is -0.113. The number of Topliss-reactive ketones (excluding diaryl/α,β-unsaturated/α-hetero) is 1. The molecule has 0 N–H and O–H groups in total. The minimum absolute atomic E-state index is 0.000772. The van der Waals surface area contributed by atoms with E-state index in [2.05, 4.69) is 0 Å². The predicted octanol–water partition coefficient (Wildman–Crippen LogP) is 1.86. The molecule has 0 aromatic carbocycles. The third-order valence-corrected chi connectivity index (χ3v) is 1.65. The van der Waals surface area contributed by atoms with Crippen LogP contribution in [0.4, 0.5) is 0 Å². The largest absolute Gasteiger partial charge is 0.294 e. The molecule has 0 aromatic heterocycles. The Morgan fingerprint density at radius 3 is 2.25 bits per heavy atom. The molecule has 8 heavy (non-hydrogen) atoms. The van der Waals surface area contributed by atoms with Crippen LogP contribution in [-0.4, -0.2) is 5.78 Å². The number of halogens is 1. The van der Waals surface area contributed by atoms with Crippen LogP contribution in [-0.2, 0) is 4.79 Å². The minimum Gasteiger partial charge on any atom is -0.294 e. The number of ketones is 1. The summed E-state index contributed by atoms with van der Waals surface area (Å²) in [5, 5.41) is 0.463. The van der Waals surface area contributed by atoms with Gasteiger partial charge in [-0.1, -0.05) is 11.6 Å². The SMILES string of the molecule is CC(=O)C(Cl)=C1CC1. The predicted molar refractivity (Wildman–Crippen MR) is 32.8 cm³/mol. The van der Waals surface area contributed by atoms with Gasteiger partial charge in [0.2, 0.25) is 0 Å². The molecular weight excluding hydrogens is 124 g/mol. The fourth-order valence-electron chi connectivity index (χ4n) is 0.531. The first kappa shape index (κ1) is 5.83. The van der Waals surface area contributed by atoms with Crippen molar-refractivity contribution < 1.29 is 4.79 Å². The van der Waals surface area contributed by atoms with Crippen molar-refractivity contribution in [2.75, 3.05) is 0 Å². The Kier molecular flexibility index (Phi) is 1.39. The molecule has 1 rings (SSSR count). The van der Waals surface area contributed by atoms with Crippen molar-refractivity contribution in [1.29, 1.82) is 0 Å². The van der Waals surface area contributed by atoms with Gasteiger partial charge in [0.15, 0.2) is 5.78 Å². The van der Waals surface area contributed by atoms with E-state index in [-0.39, 0.29) is 5.78 Å². The molecule has 0 unspecified atom stereocenters. The van der Waals surface area contributed by atoms with E-state index in [0.717, 1.165) is 18.4 Å². The highest BCUT2D eigenvalue weighted by atomic mass is 35.5. The highest BCUT2D eigenvalue weighted by Gasteiger charge is 2.18. The first-order chi connectivity index (χ1) is 3.72. The van der Waals surface area contributed by atoms with Crippen molar-refractivity contribution in [2.45, 2.75) is 19.8 Å². The van der Waals surface area contributed by atoms with Crippen LogP contribution in [0.3, 0.4) is 0 Å². The Bertz CT molecular complexity index is 152. The smallest absolute Gasteiger partial charge is 0.171 e.